The topological polar surface area (TPSA) is 121 Å². The van der Waals surface area contributed by atoms with E-state index >= 15 is 0 Å². The smallest absolute Gasteiger partial charge is 0.322 e. The molecule has 0 spiro atoms. The molecule has 1 aliphatic rings. The van der Waals surface area contributed by atoms with Crippen molar-refractivity contribution in [2.75, 3.05) is 6.54 Å². The third-order valence-corrected chi connectivity index (χ3v) is 5.18. The van der Waals surface area contributed by atoms with E-state index in [1.165, 1.54) is 15.7 Å². The Labute approximate surface area is 140 Å². The number of aromatic nitrogens is 2. The number of rotatable bonds is 3. The van der Waals surface area contributed by atoms with E-state index in [1.807, 2.05) is 0 Å². The Hall–Kier alpha value is -2.42. The van der Waals surface area contributed by atoms with Gasteiger partial charge in [0.25, 0.3) is 11.5 Å². The first-order chi connectivity index (χ1) is 11.5. The number of aryl methyl sites for hydroxylation is 2. The van der Waals surface area contributed by atoms with Gasteiger partial charge in [-0.2, -0.15) is 4.98 Å². The van der Waals surface area contributed by atoms with Crippen molar-refractivity contribution >= 4 is 28.2 Å². The summed E-state index contributed by atoms with van der Waals surface area (Å²) in [7, 11) is 0. The highest BCUT2D eigenvalue weighted by molar-refractivity contribution is 7.17. The maximum atomic E-state index is 12.7. The number of carboxylic acid groups (broad SMARTS) is 1. The van der Waals surface area contributed by atoms with Crippen LogP contribution in [0, 0.1) is 0 Å². The van der Waals surface area contributed by atoms with Crippen LogP contribution in [0.2, 0.25) is 0 Å². The van der Waals surface area contributed by atoms with Crippen LogP contribution in [0.15, 0.2) is 4.79 Å². The Balaban J connectivity index is 2.11. The molecule has 0 aromatic carbocycles. The second kappa shape index (κ2) is 6.60. The van der Waals surface area contributed by atoms with Crippen LogP contribution in [0.4, 0.5) is 0 Å². The van der Waals surface area contributed by atoms with Crippen LogP contribution in [-0.2, 0) is 17.6 Å². The maximum Gasteiger partial charge on any atom is 0.322 e. The standard InChI is InChI=1S/C15H17N3O5S/c19-10(20)7-16-12(21)11-13(22)17-15-18(14(11)23)8-5-3-1-2-4-6-9(8)24-15/h22H,1-7H2,(H,16,21)(H,19,20). The van der Waals surface area contributed by atoms with Crippen LogP contribution in [0.5, 0.6) is 5.88 Å². The lowest BCUT2D eigenvalue weighted by molar-refractivity contribution is -0.135. The van der Waals surface area contributed by atoms with Crippen molar-refractivity contribution < 1.29 is 19.8 Å². The zero-order chi connectivity index (χ0) is 17.3. The zero-order valence-corrected chi connectivity index (χ0v) is 13.7. The zero-order valence-electron chi connectivity index (χ0n) is 12.9. The SMILES string of the molecule is O=C(O)CNC(=O)c1c(O)nc2sc3c(n2c1=O)CCCCCC3. The third-order valence-electron chi connectivity index (χ3n) is 4.03. The van der Waals surface area contributed by atoms with E-state index in [9.17, 15) is 19.5 Å². The number of thiazole rings is 1. The molecule has 0 fully saturated rings. The van der Waals surface area contributed by atoms with Crippen LogP contribution >= 0.6 is 11.3 Å². The minimum atomic E-state index is -1.24. The molecule has 0 atom stereocenters. The molecule has 3 rings (SSSR count). The summed E-state index contributed by atoms with van der Waals surface area (Å²) in [5.74, 6) is -2.85. The molecule has 1 amide bonds. The van der Waals surface area contributed by atoms with Gasteiger partial charge in [-0.3, -0.25) is 18.8 Å². The molecule has 0 bridgehead atoms. The van der Waals surface area contributed by atoms with Gasteiger partial charge >= 0.3 is 5.97 Å². The van der Waals surface area contributed by atoms with Crippen LogP contribution in [0.3, 0.4) is 0 Å². The molecule has 9 heteroatoms. The lowest BCUT2D eigenvalue weighted by Crippen LogP contribution is -2.35. The molecule has 128 valence electrons. The Bertz CT molecular complexity index is 870. The highest BCUT2D eigenvalue weighted by Gasteiger charge is 2.24. The van der Waals surface area contributed by atoms with Gasteiger partial charge in [0.1, 0.15) is 6.54 Å². The number of nitrogens with one attached hydrogen (secondary N) is 1. The molecule has 8 nitrogen and oxygen atoms in total. The van der Waals surface area contributed by atoms with Crippen molar-refractivity contribution in [3.63, 3.8) is 0 Å². The largest absolute Gasteiger partial charge is 0.492 e. The number of carbonyl (C=O) groups excluding carboxylic acids is 1. The molecule has 0 radical (unpaired) electrons. The van der Waals surface area contributed by atoms with Gasteiger partial charge in [0.2, 0.25) is 5.88 Å². The predicted octanol–water partition coefficient (Wildman–Crippen LogP) is 0.935. The average Bonchev–Trinajstić information content (AvgIpc) is 2.82. The quantitative estimate of drug-likeness (QED) is 0.756. The second-order valence-corrected chi connectivity index (χ2v) is 6.76. The van der Waals surface area contributed by atoms with E-state index < -0.39 is 35.4 Å². The van der Waals surface area contributed by atoms with Crippen LogP contribution < -0.4 is 10.9 Å². The van der Waals surface area contributed by atoms with Gasteiger partial charge in [-0.25, -0.2) is 0 Å². The molecule has 3 N–H and O–H groups in total. The summed E-state index contributed by atoms with van der Waals surface area (Å²) in [6.45, 7) is -0.637. The normalized spacial score (nSPS) is 14.7. The molecule has 0 saturated heterocycles. The minimum absolute atomic E-state index is 0.360. The number of carboxylic acids is 1. The number of fused-ring (bicyclic) bond motifs is 3. The predicted molar refractivity (Wildman–Crippen MR) is 86.8 cm³/mol. The molecule has 0 aliphatic heterocycles. The Morgan fingerprint density at radius 1 is 1.21 bits per heavy atom. The molecule has 2 heterocycles. The Kier molecular flexibility index (Phi) is 4.52. The molecule has 2 aromatic heterocycles. The number of hydrogen-bond acceptors (Lipinski definition) is 6. The lowest BCUT2D eigenvalue weighted by Gasteiger charge is -2.10. The third kappa shape index (κ3) is 2.99. The van der Waals surface area contributed by atoms with E-state index in [0.717, 1.165) is 49.1 Å². The fourth-order valence-electron chi connectivity index (χ4n) is 2.91. The van der Waals surface area contributed by atoms with Gasteiger partial charge in [0.05, 0.1) is 0 Å². The van der Waals surface area contributed by atoms with Gasteiger partial charge in [0, 0.05) is 10.6 Å². The highest BCUT2D eigenvalue weighted by Crippen LogP contribution is 2.28. The summed E-state index contributed by atoms with van der Waals surface area (Å²) in [4.78, 5) is 40.8. The van der Waals surface area contributed by atoms with E-state index in [1.54, 1.807) is 0 Å². The number of amides is 1. The molecule has 1 aliphatic carbocycles. The average molecular weight is 351 g/mol. The molecular formula is C15H17N3O5S. The minimum Gasteiger partial charge on any atom is -0.492 e. The molecular weight excluding hydrogens is 334 g/mol. The summed E-state index contributed by atoms with van der Waals surface area (Å²) in [5, 5.41) is 20.7. The monoisotopic (exact) mass is 351 g/mol. The van der Waals surface area contributed by atoms with Crippen molar-refractivity contribution in [2.45, 2.75) is 38.5 Å². The van der Waals surface area contributed by atoms with Crippen molar-refractivity contribution in [1.82, 2.24) is 14.7 Å². The van der Waals surface area contributed by atoms with Crippen molar-refractivity contribution in [3.8, 4) is 5.88 Å². The van der Waals surface area contributed by atoms with Crippen LogP contribution in [0.1, 0.15) is 46.6 Å². The van der Waals surface area contributed by atoms with Crippen molar-refractivity contribution in [2.24, 2.45) is 0 Å². The fourth-order valence-corrected chi connectivity index (χ4v) is 4.11. The van der Waals surface area contributed by atoms with Crippen molar-refractivity contribution in [3.05, 3.63) is 26.5 Å². The number of aliphatic carboxylic acids is 1. The molecule has 24 heavy (non-hydrogen) atoms. The van der Waals surface area contributed by atoms with Gasteiger partial charge in [-0.05, 0) is 25.7 Å². The summed E-state index contributed by atoms with van der Waals surface area (Å²) < 4.78 is 1.39. The number of aromatic hydroxyl groups is 1. The van der Waals surface area contributed by atoms with E-state index in [0.29, 0.717) is 4.96 Å². The van der Waals surface area contributed by atoms with Gasteiger partial charge in [-0.15, -0.1) is 11.3 Å². The Morgan fingerprint density at radius 3 is 2.62 bits per heavy atom. The van der Waals surface area contributed by atoms with Crippen LogP contribution in [-0.4, -0.2) is 38.0 Å². The van der Waals surface area contributed by atoms with Crippen LogP contribution in [0.25, 0.3) is 4.96 Å². The number of hydrogen-bond donors (Lipinski definition) is 3. The van der Waals surface area contributed by atoms with E-state index in [-0.39, 0.29) is 0 Å². The second-order valence-electron chi connectivity index (χ2n) is 5.70. The van der Waals surface area contributed by atoms with Gasteiger partial charge < -0.3 is 15.5 Å². The summed E-state index contributed by atoms with van der Waals surface area (Å²) in [6, 6.07) is 0. The molecule has 2 aromatic rings. The fraction of sp³-hybridized carbons (Fsp3) is 0.467. The van der Waals surface area contributed by atoms with E-state index in [2.05, 4.69) is 10.3 Å². The summed E-state index contributed by atoms with van der Waals surface area (Å²) in [6.07, 6.45) is 5.79. The first kappa shape index (κ1) is 16.4. The first-order valence-corrected chi connectivity index (χ1v) is 8.57. The van der Waals surface area contributed by atoms with E-state index in [4.69, 9.17) is 5.11 Å². The number of carbonyl (C=O) groups is 2. The lowest BCUT2D eigenvalue weighted by atomic mass is 10.0. The van der Waals surface area contributed by atoms with Crippen molar-refractivity contribution in [1.29, 1.82) is 0 Å². The van der Waals surface area contributed by atoms with Gasteiger partial charge in [0.15, 0.2) is 10.5 Å². The summed E-state index contributed by atoms with van der Waals surface area (Å²) in [5.41, 5.74) is -0.325. The summed E-state index contributed by atoms with van der Waals surface area (Å²) >= 11 is 1.36. The Morgan fingerprint density at radius 2 is 1.92 bits per heavy atom. The first-order valence-electron chi connectivity index (χ1n) is 7.75. The molecule has 0 unspecified atom stereocenters. The molecule has 0 saturated carbocycles. The maximum absolute atomic E-state index is 12.7. The number of nitrogens with zero attached hydrogens (tertiary/aromatic N) is 2. The van der Waals surface area contributed by atoms with Gasteiger partial charge in [-0.1, -0.05) is 12.8 Å². The highest BCUT2D eigenvalue weighted by atomic mass is 32.1.